The van der Waals surface area contributed by atoms with Crippen molar-refractivity contribution in [1.82, 2.24) is 10.3 Å². The summed E-state index contributed by atoms with van der Waals surface area (Å²) in [6.45, 7) is 0. The minimum atomic E-state index is -0.639. The first-order valence-electron chi connectivity index (χ1n) is 9.31. The molecular weight excluding hydrogens is 375 g/mol. The van der Waals surface area contributed by atoms with Crippen LogP contribution in [-0.2, 0) is 0 Å². The van der Waals surface area contributed by atoms with Crippen LogP contribution in [0.25, 0.3) is 0 Å². The summed E-state index contributed by atoms with van der Waals surface area (Å²) in [5.41, 5.74) is 5.86. The summed E-state index contributed by atoms with van der Waals surface area (Å²) in [6, 6.07) is 8.75. The summed E-state index contributed by atoms with van der Waals surface area (Å²) < 4.78 is 19.2. The monoisotopic (exact) mass is 394 g/mol. The minimum Gasteiger partial charge on any atom is -0.474 e. The molecule has 7 nitrogen and oxygen atoms in total. The molecule has 0 atom stereocenters. The highest BCUT2D eigenvalue weighted by Crippen LogP contribution is 2.56. The van der Waals surface area contributed by atoms with Crippen LogP contribution < -0.4 is 15.8 Å². The maximum absolute atomic E-state index is 13.4. The van der Waals surface area contributed by atoms with E-state index >= 15 is 0 Å². The van der Waals surface area contributed by atoms with Crippen LogP contribution in [-0.4, -0.2) is 28.9 Å². The van der Waals surface area contributed by atoms with Crippen LogP contribution in [0.3, 0.4) is 0 Å². The Morgan fingerprint density at radius 3 is 2.72 bits per heavy atom. The Hall–Kier alpha value is -3.47. The summed E-state index contributed by atoms with van der Waals surface area (Å²) in [5, 5.41) is 11.8. The highest BCUT2D eigenvalue weighted by atomic mass is 19.1. The predicted molar refractivity (Wildman–Crippen MR) is 100 cm³/mol. The smallest absolute Gasteiger partial charge is 0.254 e. The molecular formula is C21H19FN4O3. The minimum absolute atomic E-state index is 0.0325. The third-order valence-electron chi connectivity index (χ3n) is 5.68. The molecule has 4 rings (SSSR count). The fourth-order valence-corrected chi connectivity index (χ4v) is 4.26. The molecule has 2 saturated carbocycles. The molecule has 8 heteroatoms. The van der Waals surface area contributed by atoms with Gasteiger partial charge in [-0.3, -0.25) is 9.59 Å². The lowest BCUT2D eigenvalue weighted by Gasteiger charge is -2.57. The van der Waals surface area contributed by atoms with E-state index < -0.39 is 11.7 Å². The maximum Gasteiger partial charge on any atom is 0.254 e. The number of ether oxygens (including phenoxy) is 1. The zero-order valence-corrected chi connectivity index (χ0v) is 15.5. The van der Waals surface area contributed by atoms with Gasteiger partial charge in [-0.2, -0.15) is 5.26 Å². The summed E-state index contributed by atoms with van der Waals surface area (Å²) in [7, 11) is 0. The van der Waals surface area contributed by atoms with E-state index in [-0.39, 0.29) is 46.0 Å². The molecule has 2 aromatic rings. The van der Waals surface area contributed by atoms with Gasteiger partial charge in [0, 0.05) is 17.8 Å². The van der Waals surface area contributed by atoms with Gasteiger partial charge in [0.25, 0.3) is 11.8 Å². The van der Waals surface area contributed by atoms with Crippen LogP contribution in [0.2, 0.25) is 0 Å². The molecule has 1 heterocycles. The SMILES string of the molecule is N#Cc1cc(C(=O)NC2CC3(C2)CC(Oc2ncccc2C(N)=O)C3)ccc1F. The normalized spacial score (nSPS) is 24.7. The summed E-state index contributed by atoms with van der Waals surface area (Å²) >= 11 is 0. The molecule has 1 spiro atoms. The van der Waals surface area contributed by atoms with Gasteiger partial charge in [-0.05, 0) is 61.4 Å². The van der Waals surface area contributed by atoms with E-state index in [9.17, 15) is 14.0 Å². The summed E-state index contributed by atoms with van der Waals surface area (Å²) in [4.78, 5) is 27.9. The van der Waals surface area contributed by atoms with Crippen molar-refractivity contribution >= 4 is 11.8 Å². The van der Waals surface area contributed by atoms with Crippen molar-refractivity contribution in [3.63, 3.8) is 0 Å². The van der Waals surface area contributed by atoms with E-state index in [2.05, 4.69) is 10.3 Å². The average Bonchev–Trinajstić information content (AvgIpc) is 2.65. The molecule has 1 aromatic carbocycles. The second-order valence-electron chi connectivity index (χ2n) is 7.75. The number of halogens is 1. The fraction of sp³-hybridized carbons (Fsp3) is 0.333. The number of benzene rings is 1. The molecule has 2 fully saturated rings. The van der Waals surface area contributed by atoms with Gasteiger partial charge in [0.15, 0.2) is 0 Å². The second kappa shape index (κ2) is 7.17. The van der Waals surface area contributed by atoms with Crippen molar-refractivity contribution in [3.8, 4) is 11.9 Å². The molecule has 1 aromatic heterocycles. The second-order valence-corrected chi connectivity index (χ2v) is 7.75. The number of carbonyl (C=O) groups is 2. The number of primary amides is 1. The zero-order chi connectivity index (χ0) is 20.6. The molecule has 0 bridgehead atoms. The Morgan fingerprint density at radius 1 is 1.28 bits per heavy atom. The van der Waals surface area contributed by atoms with Gasteiger partial charge in [0.2, 0.25) is 5.88 Å². The number of hydrogen-bond donors (Lipinski definition) is 2. The van der Waals surface area contributed by atoms with Gasteiger partial charge >= 0.3 is 0 Å². The predicted octanol–water partition coefficient (Wildman–Crippen LogP) is 2.31. The number of nitrogens with one attached hydrogen (secondary N) is 1. The van der Waals surface area contributed by atoms with Crippen molar-refractivity contribution in [2.45, 2.75) is 37.8 Å². The molecule has 0 radical (unpaired) electrons. The maximum atomic E-state index is 13.4. The van der Waals surface area contributed by atoms with Crippen molar-refractivity contribution in [2.75, 3.05) is 0 Å². The van der Waals surface area contributed by atoms with E-state index in [4.69, 9.17) is 15.7 Å². The molecule has 2 amide bonds. The molecule has 3 N–H and O–H groups in total. The highest BCUT2D eigenvalue weighted by Gasteiger charge is 2.54. The van der Waals surface area contributed by atoms with E-state index in [0.29, 0.717) is 0 Å². The first-order chi connectivity index (χ1) is 13.9. The van der Waals surface area contributed by atoms with Crippen LogP contribution in [0.5, 0.6) is 5.88 Å². The standard InChI is InChI=1S/C21H19FN4O3/c22-17-4-3-12(6-13(17)11-23)19(28)26-14-7-21(8-14)9-15(10-21)29-20-16(18(24)27)2-1-5-25-20/h1-6,14-15H,7-10H2,(H2,24,27)(H,26,28). The average molecular weight is 394 g/mol. The number of amides is 2. The summed E-state index contributed by atoms with van der Waals surface area (Å²) in [6.07, 6.45) is 4.83. The fourth-order valence-electron chi connectivity index (χ4n) is 4.26. The van der Waals surface area contributed by atoms with Crippen LogP contribution in [0, 0.1) is 22.6 Å². The van der Waals surface area contributed by atoms with Crippen molar-refractivity contribution < 1.29 is 18.7 Å². The van der Waals surface area contributed by atoms with Crippen LogP contribution in [0.15, 0.2) is 36.5 Å². The quantitative estimate of drug-likeness (QED) is 0.807. The van der Waals surface area contributed by atoms with Gasteiger partial charge in [-0.25, -0.2) is 9.37 Å². The van der Waals surface area contributed by atoms with Crippen LogP contribution in [0.4, 0.5) is 4.39 Å². The Labute approximate surface area is 166 Å². The number of carbonyl (C=O) groups excluding carboxylic acids is 2. The van der Waals surface area contributed by atoms with Crippen molar-refractivity contribution in [1.29, 1.82) is 5.26 Å². The molecule has 0 aliphatic heterocycles. The van der Waals surface area contributed by atoms with E-state index in [0.717, 1.165) is 31.7 Å². The van der Waals surface area contributed by atoms with Crippen LogP contribution in [0.1, 0.15) is 52.0 Å². The van der Waals surface area contributed by atoms with Gasteiger partial charge in [-0.1, -0.05) is 0 Å². The number of nitrogens with zero attached hydrogens (tertiary/aromatic N) is 2. The number of rotatable bonds is 5. The third-order valence-corrected chi connectivity index (χ3v) is 5.68. The van der Waals surface area contributed by atoms with Crippen LogP contribution >= 0.6 is 0 Å². The number of pyridine rings is 1. The number of nitrogens with two attached hydrogens (primary N) is 1. The zero-order valence-electron chi connectivity index (χ0n) is 15.5. The number of hydrogen-bond acceptors (Lipinski definition) is 5. The lowest BCUT2D eigenvalue weighted by molar-refractivity contribution is -0.0848. The largest absolute Gasteiger partial charge is 0.474 e. The molecule has 2 aliphatic carbocycles. The van der Waals surface area contributed by atoms with Gasteiger partial charge in [0.1, 0.15) is 23.6 Å². The molecule has 148 valence electrons. The van der Waals surface area contributed by atoms with E-state index in [1.165, 1.54) is 12.1 Å². The van der Waals surface area contributed by atoms with Crippen molar-refractivity contribution in [2.24, 2.45) is 11.1 Å². The molecule has 0 unspecified atom stereocenters. The topological polar surface area (TPSA) is 118 Å². The Morgan fingerprint density at radius 2 is 2.03 bits per heavy atom. The third kappa shape index (κ3) is 3.63. The Bertz CT molecular complexity index is 1020. The van der Waals surface area contributed by atoms with Crippen molar-refractivity contribution in [3.05, 3.63) is 59.0 Å². The summed E-state index contributed by atoms with van der Waals surface area (Å²) in [5.74, 6) is -1.27. The first-order valence-corrected chi connectivity index (χ1v) is 9.31. The van der Waals surface area contributed by atoms with Gasteiger partial charge < -0.3 is 15.8 Å². The number of nitriles is 1. The Kier molecular flexibility index (Phi) is 4.66. The van der Waals surface area contributed by atoms with Gasteiger partial charge in [0.05, 0.1) is 5.56 Å². The van der Waals surface area contributed by atoms with Gasteiger partial charge in [-0.15, -0.1) is 0 Å². The van der Waals surface area contributed by atoms with E-state index in [1.54, 1.807) is 24.4 Å². The molecule has 29 heavy (non-hydrogen) atoms. The number of aromatic nitrogens is 1. The lowest BCUT2D eigenvalue weighted by atomic mass is 9.53. The highest BCUT2D eigenvalue weighted by molar-refractivity contribution is 5.95. The molecule has 0 saturated heterocycles. The lowest BCUT2D eigenvalue weighted by Crippen LogP contribution is -2.58. The van der Waals surface area contributed by atoms with E-state index in [1.807, 2.05) is 0 Å². The first kappa shape index (κ1) is 18.9. The molecule has 2 aliphatic rings. The Balaban J connectivity index is 1.28.